The Morgan fingerprint density at radius 1 is 1.08 bits per heavy atom. The van der Waals surface area contributed by atoms with E-state index in [0.29, 0.717) is 10.7 Å². The molecule has 1 saturated heterocycles. The summed E-state index contributed by atoms with van der Waals surface area (Å²) in [6.45, 7) is 9.30. The average molecular weight is 378 g/mol. The Labute approximate surface area is 159 Å². The maximum absolute atomic E-state index is 6.31. The monoisotopic (exact) mass is 377 g/mol. The molecule has 2 aromatic rings. The van der Waals surface area contributed by atoms with Crippen LogP contribution < -0.4 is 4.90 Å². The van der Waals surface area contributed by atoms with Gasteiger partial charge in [-0.05, 0) is 60.6 Å². The van der Waals surface area contributed by atoms with Crippen LogP contribution in [0.25, 0.3) is 10.2 Å². The van der Waals surface area contributed by atoms with Gasteiger partial charge in [-0.1, -0.05) is 33.6 Å². The molecule has 25 heavy (non-hydrogen) atoms. The van der Waals surface area contributed by atoms with E-state index in [0.717, 1.165) is 36.1 Å². The van der Waals surface area contributed by atoms with Crippen LogP contribution in [0.3, 0.4) is 0 Å². The second-order valence-electron chi connectivity index (χ2n) is 8.71. The molecule has 2 aromatic heterocycles. The molecule has 0 aromatic carbocycles. The number of aryl methyl sites for hydroxylation is 1. The first-order valence-corrected chi connectivity index (χ1v) is 10.9. The van der Waals surface area contributed by atoms with Crippen molar-refractivity contribution in [2.75, 3.05) is 18.0 Å². The van der Waals surface area contributed by atoms with E-state index in [1.807, 2.05) is 11.3 Å². The zero-order valence-corrected chi connectivity index (χ0v) is 17.1. The lowest BCUT2D eigenvalue weighted by Gasteiger charge is -2.34. The zero-order valence-electron chi connectivity index (χ0n) is 15.6. The Morgan fingerprint density at radius 3 is 2.48 bits per heavy atom. The van der Waals surface area contributed by atoms with Crippen LogP contribution in [0.4, 0.5) is 5.82 Å². The molecule has 0 saturated carbocycles. The van der Waals surface area contributed by atoms with E-state index in [4.69, 9.17) is 16.6 Å². The van der Waals surface area contributed by atoms with E-state index in [9.17, 15) is 0 Å². The molecule has 3 heterocycles. The quantitative estimate of drug-likeness (QED) is 0.581. The lowest BCUT2D eigenvalue weighted by Crippen LogP contribution is -2.27. The van der Waals surface area contributed by atoms with Gasteiger partial charge in [0.1, 0.15) is 10.6 Å². The summed E-state index contributed by atoms with van der Waals surface area (Å²) in [7, 11) is 0. The van der Waals surface area contributed by atoms with Crippen LogP contribution in [-0.2, 0) is 12.8 Å². The summed E-state index contributed by atoms with van der Waals surface area (Å²) < 4.78 is 0. The van der Waals surface area contributed by atoms with Gasteiger partial charge in [0.05, 0.1) is 5.39 Å². The van der Waals surface area contributed by atoms with Crippen LogP contribution in [-0.4, -0.2) is 23.1 Å². The molecule has 1 atom stereocenters. The zero-order chi connectivity index (χ0) is 17.6. The molecule has 1 aliphatic carbocycles. The minimum atomic E-state index is 0.366. The first kappa shape index (κ1) is 17.5. The van der Waals surface area contributed by atoms with E-state index in [1.54, 1.807) is 0 Å². The summed E-state index contributed by atoms with van der Waals surface area (Å²) in [5.74, 6) is 1.85. The highest BCUT2D eigenvalue weighted by Gasteiger charge is 2.32. The molecule has 0 spiro atoms. The van der Waals surface area contributed by atoms with Crippen LogP contribution in [0, 0.1) is 11.3 Å². The first-order valence-electron chi connectivity index (χ1n) is 9.66. The first-order chi connectivity index (χ1) is 11.9. The van der Waals surface area contributed by atoms with Crippen molar-refractivity contribution in [2.24, 2.45) is 11.3 Å². The highest BCUT2D eigenvalue weighted by molar-refractivity contribution is 7.19. The highest BCUT2D eigenvalue weighted by Crippen LogP contribution is 2.45. The average Bonchev–Trinajstić information content (AvgIpc) is 2.72. The predicted molar refractivity (Wildman–Crippen MR) is 108 cm³/mol. The van der Waals surface area contributed by atoms with Crippen LogP contribution in [0.2, 0.25) is 5.28 Å². The number of thiophene rings is 1. The van der Waals surface area contributed by atoms with Crippen molar-refractivity contribution in [3.8, 4) is 0 Å². The maximum atomic E-state index is 6.31. The normalized spacial score (nSPS) is 22.1. The standard InChI is InChI=1S/C20H28ClN3S/c1-20(2,3)13-8-9-14-15(12-13)25-18-16(14)17(22-19(21)23-18)24-10-6-4-5-7-11-24/h13H,4-12H2,1-3H3. The van der Waals surface area contributed by atoms with Crippen LogP contribution in [0.15, 0.2) is 0 Å². The molecule has 0 amide bonds. The summed E-state index contributed by atoms with van der Waals surface area (Å²) in [4.78, 5) is 14.4. The summed E-state index contributed by atoms with van der Waals surface area (Å²) in [6, 6.07) is 0. The molecular weight excluding hydrogens is 350 g/mol. The Hall–Kier alpha value is -0.870. The minimum Gasteiger partial charge on any atom is -0.356 e. The highest BCUT2D eigenvalue weighted by atomic mass is 35.5. The molecule has 0 radical (unpaired) electrons. The van der Waals surface area contributed by atoms with Crippen molar-refractivity contribution in [1.29, 1.82) is 0 Å². The lowest BCUT2D eigenvalue weighted by atomic mass is 9.72. The maximum Gasteiger partial charge on any atom is 0.225 e. The van der Waals surface area contributed by atoms with E-state index >= 15 is 0 Å². The number of hydrogen-bond donors (Lipinski definition) is 0. The molecule has 0 bridgehead atoms. The molecule has 1 unspecified atom stereocenters. The third-order valence-electron chi connectivity index (χ3n) is 5.99. The number of fused-ring (bicyclic) bond motifs is 3. The third-order valence-corrected chi connectivity index (χ3v) is 7.31. The molecule has 1 aliphatic heterocycles. The Kier molecular flexibility index (Phi) is 4.70. The minimum absolute atomic E-state index is 0.366. The molecule has 2 aliphatic rings. The molecule has 0 N–H and O–H groups in total. The van der Waals surface area contributed by atoms with Crippen molar-refractivity contribution in [1.82, 2.24) is 9.97 Å². The van der Waals surface area contributed by atoms with E-state index in [2.05, 4.69) is 30.7 Å². The number of anilines is 1. The Bertz CT molecular complexity index is 769. The van der Waals surface area contributed by atoms with E-state index in [1.165, 1.54) is 54.4 Å². The van der Waals surface area contributed by atoms with Gasteiger partial charge in [0.25, 0.3) is 0 Å². The smallest absolute Gasteiger partial charge is 0.225 e. The third kappa shape index (κ3) is 3.40. The molecular formula is C20H28ClN3S. The van der Waals surface area contributed by atoms with Crippen LogP contribution in [0.5, 0.6) is 0 Å². The van der Waals surface area contributed by atoms with Crippen molar-refractivity contribution in [3.05, 3.63) is 15.7 Å². The molecule has 4 rings (SSSR count). The van der Waals surface area contributed by atoms with Crippen molar-refractivity contribution < 1.29 is 0 Å². The fourth-order valence-electron chi connectivity index (χ4n) is 4.38. The van der Waals surface area contributed by atoms with Crippen molar-refractivity contribution in [3.63, 3.8) is 0 Å². The summed E-state index contributed by atoms with van der Waals surface area (Å²) in [5.41, 5.74) is 1.88. The van der Waals surface area contributed by atoms with Gasteiger partial charge in [-0.2, -0.15) is 4.98 Å². The second-order valence-corrected chi connectivity index (χ2v) is 10.1. The van der Waals surface area contributed by atoms with Gasteiger partial charge in [-0.25, -0.2) is 4.98 Å². The molecule has 1 fully saturated rings. The number of aromatic nitrogens is 2. The summed E-state index contributed by atoms with van der Waals surface area (Å²) in [6.07, 6.45) is 8.76. The van der Waals surface area contributed by atoms with Crippen molar-refractivity contribution in [2.45, 2.75) is 65.7 Å². The van der Waals surface area contributed by atoms with Crippen molar-refractivity contribution >= 4 is 39.0 Å². The van der Waals surface area contributed by atoms with E-state index < -0.39 is 0 Å². The number of rotatable bonds is 1. The predicted octanol–water partition coefficient (Wildman–Crippen LogP) is 5.88. The van der Waals surface area contributed by atoms with Gasteiger partial charge >= 0.3 is 0 Å². The van der Waals surface area contributed by atoms with Gasteiger partial charge in [-0.15, -0.1) is 11.3 Å². The fourth-order valence-corrected chi connectivity index (χ4v) is 5.89. The van der Waals surface area contributed by atoms with Gasteiger partial charge in [-0.3, -0.25) is 0 Å². The topological polar surface area (TPSA) is 29.0 Å². The lowest BCUT2D eigenvalue weighted by molar-refractivity contribution is 0.218. The Balaban J connectivity index is 1.79. The van der Waals surface area contributed by atoms with Gasteiger partial charge in [0.2, 0.25) is 5.28 Å². The fraction of sp³-hybridized carbons (Fsp3) is 0.700. The van der Waals surface area contributed by atoms with Gasteiger partial charge in [0.15, 0.2) is 0 Å². The second kappa shape index (κ2) is 6.70. The summed E-state index contributed by atoms with van der Waals surface area (Å²) >= 11 is 8.16. The van der Waals surface area contributed by atoms with E-state index in [-0.39, 0.29) is 0 Å². The molecule has 136 valence electrons. The number of halogens is 1. The molecule has 5 heteroatoms. The summed E-state index contributed by atoms with van der Waals surface area (Å²) in [5, 5.41) is 1.70. The molecule has 3 nitrogen and oxygen atoms in total. The van der Waals surface area contributed by atoms with Crippen LogP contribution in [0.1, 0.15) is 63.3 Å². The SMILES string of the molecule is CC(C)(C)C1CCc2c(sc3nc(Cl)nc(N4CCCCCC4)c23)C1. The number of hydrogen-bond acceptors (Lipinski definition) is 4. The van der Waals surface area contributed by atoms with Crippen LogP contribution >= 0.6 is 22.9 Å². The van der Waals surface area contributed by atoms with Gasteiger partial charge in [0, 0.05) is 18.0 Å². The van der Waals surface area contributed by atoms with Gasteiger partial charge < -0.3 is 4.90 Å². The number of nitrogens with zero attached hydrogens (tertiary/aromatic N) is 3. The largest absolute Gasteiger partial charge is 0.356 e. The Morgan fingerprint density at radius 2 is 1.80 bits per heavy atom.